The number of carboxylic acid groups (broad SMARTS) is 1. The Kier molecular flexibility index (Phi) is 2.65. The van der Waals surface area contributed by atoms with E-state index in [4.69, 9.17) is 0 Å². The number of nitrogens with one attached hydrogen (secondary N) is 1. The number of carbonyl (C=O) groups is 1. The monoisotopic (exact) mass is 214 g/mol. The fourth-order valence-corrected chi connectivity index (χ4v) is 0.884. The lowest BCUT2D eigenvalue weighted by Crippen LogP contribution is -2.36. The summed E-state index contributed by atoms with van der Waals surface area (Å²) < 4.78 is 0.467. The summed E-state index contributed by atoms with van der Waals surface area (Å²) in [4.78, 5) is 42.8. The van der Waals surface area contributed by atoms with Crippen LogP contribution in [0.2, 0.25) is 0 Å². The molecule has 1 rings (SSSR count). The van der Waals surface area contributed by atoms with Crippen LogP contribution in [0.25, 0.3) is 0 Å². The van der Waals surface area contributed by atoms with Crippen LogP contribution >= 0.6 is 0 Å². The molecule has 1 heterocycles. The summed E-state index contributed by atoms with van der Waals surface area (Å²) in [5, 5.41) is 20.4. The maximum Gasteiger partial charge on any atom is 0.350 e. The minimum Gasteiger partial charge on any atom is -0.548 e. The Morgan fingerprint density at radius 3 is 2.60 bits per heavy atom. The number of aromatic nitrogens is 2. The molecular weight excluding hydrogens is 210 g/mol. The van der Waals surface area contributed by atoms with Crippen LogP contribution in [-0.2, 0) is 11.3 Å². The summed E-state index contributed by atoms with van der Waals surface area (Å²) in [6, 6.07) is 0. The highest BCUT2D eigenvalue weighted by Gasteiger charge is 2.14. The lowest BCUT2D eigenvalue weighted by Gasteiger charge is -2.04. The molecule has 0 atom stereocenters. The van der Waals surface area contributed by atoms with Gasteiger partial charge in [-0.3, -0.25) is 24.5 Å². The molecule has 0 radical (unpaired) electrons. The SMILES string of the molecule is O=C([O-])Cn1cc([N+](=O)[O-])c(=O)[nH]c1=O. The highest BCUT2D eigenvalue weighted by atomic mass is 16.6. The molecule has 15 heavy (non-hydrogen) atoms. The van der Waals surface area contributed by atoms with Crippen molar-refractivity contribution in [3.63, 3.8) is 0 Å². The summed E-state index contributed by atoms with van der Waals surface area (Å²) in [6.45, 7) is -0.865. The van der Waals surface area contributed by atoms with Gasteiger partial charge in [0.05, 0.1) is 23.6 Å². The molecule has 0 aromatic carbocycles. The van der Waals surface area contributed by atoms with E-state index in [1.807, 2.05) is 0 Å². The molecule has 0 saturated heterocycles. The van der Waals surface area contributed by atoms with Crippen LogP contribution in [0.15, 0.2) is 15.8 Å². The first kappa shape index (κ1) is 10.6. The Balaban J connectivity index is 3.36. The Hall–Kier alpha value is -2.45. The Morgan fingerprint density at radius 1 is 1.53 bits per heavy atom. The first-order valence-corrected chi connectivity index (χ1v) is 3.60. The average molecular weight is 214 g/mol. The van der Waals surface area contributed by atoms with E-state index < -0.39 is 34.4 Å². The minimum atomic E-state index is -1.60. The van der Waals surface area contributed by atoms with E-state index in [1.54, 1.807) is 4.98 Å². The summed E-state index contributed by atoms with van der Waals surface area (Å²) in [5.74, 6) is -1.60. The Labute approximate surface area is 80.7 Å². The molecular formula is C6H4N3O6-. The molecule has 0 saturated carbocycles. The first-order chi connectivity index (χ1) is 6.91. The van der Waals surface area contributed by atoms with Gasteiger partial charge in [0.25, 0.3) is 0 Å². The zero-order valence-electron chi connectivity index (χ0n) is 7.13. The van der Waals surface area contributed by atoms with Crippen molar-refractivity contribution in [2.45, 2.75) is 6.54 Å². The van der Waals surface area contributed by atoms with Gasteiger partial charge in [0.2, 0.25) is 0 Å². The summed E-state index contributed by atoms with van der Waals surface area (Å²) in [7, 11) is 0. The number of hydrogen-bond acceptors (Lipinski definition) is 6. The average Bonchev–Trinajstić information content (AvgIpc) is 2.08. The normalized spacial score (nSPS) is 9.87. The third-order valence-corrected chi connectivity index (χ3v) is 1.49. The van der Waals surface area contributed by atoms with E-state index in [-0.39, 0.29) is 0 Å². The number of hydrogen-bond donors (Lipinski definition) is 1. The predicted molar refractivity (Wildman–Crippen MR) is 43.0 cm³/mol. The van der Waals surface area contributed by atoms with Crippen LogP contribution in [0, 0.1) is 10.1 Å². The van der Waals surface area contributed by atoms with Crippen LogP contribution in [0.4, 0.5) is 5.69 Å². The fourth-order valence-electron chi connectivity index (χ4n) is 0.884. The lowest BCUT2D eigenvalue weighted by molar-refractivity contribution is -0.386. The molecule has 0 spiro atoms. The van der Waals surface area contributed by atoms with Crippen molar-refractivity contribution in [2.24, 2.45) is 0 Å². The zero-order chi connectivity index (χ0) is 11.6. The van der Waals surface area contributed by atoms with E-state index in [0.717, 1.165) is 0 Å². The molecule has 9 heteroatoms. The molecule has 0 aliphatic carbocycles. The van der Waals surface area contributed by atoms with E-state index in [9.17, 15) is 29.6 Å². The number of carboxylic acids is 1. The molecule has 1 N–H and O–H groups in total. The number of H-pyrrole nitrogens is 1. The number of aliphatic carboxylic acids is 1. The van der Waals surface area contributed by atoms with E-state index in [2.05, 4.69) is 0 Å². The number of aromatic amines is 1. The van der Waals surface area contributed by atoms with Gasteiger partial charge in [-0.1, -0.05) is 0 Å². The van der Waals surface area contributed by atoms with Crippen molar-refractivity contribution in [3.05, 3.63) is 37.1 Å². The van der Waals surface area contributed by atoms with Gasteiger partial charge in [0, 0.05) is 0 Å². The van der Waals surface area contributed by atoms with Crippen LogP contribution < -0.4 is 16.4 Å². The van der Waals surface area contributed by atoms with Crippen LogP contribution in [0.5, 0.6) is 0 Å². The number of nitro groups is 1. The molecule has 1 aromatic rings. The van der Waals surface area contributed by atoms with Gasteiger partial charge < -0.3 is 9.90 Å². The molecule has 0 amide bonds. The molecule has 0 aliphatic heterocycles. The highest BCUT2D eigenvalue weighted by Crippen LogP contribution is 1.98. The maximum atomic E-state index is 10.9. The summed E-state index contributed by atoms with van der Waals surface area (Å²) in [6.07, 6.45) is 0.553. The molecule has 9 nitrogen and oxygen atoms in total. The number of nitrogens with zero attached hydrogens (tertiary/aromatic N) is 2. The van der Waals surface area contributed by atoms with Gasteiger partial charge >= 0.3 is 16.9 Å². The zero-order valence-corrected chi connectivity index (χ0v) is 7.13. The van der Waals surface area contributed by atoms with Crippen LogP contribution in [0.1, 0.15) is 0 Å². The summed E-state index contributed by atoms with van der Waals surface area (Å²) in [5.41, 5.74) is -3.13. The van der Waals surface area contributed by atoms with Gasteiger partial charge in [0.15, 0.2) is 0 Å². The molecule has 0 unspecified atom stereocenters. The largest absolute Gasteiger partial charge is 0.548 e. The van der Waals surface area contributed by atoms with Crippen LogP contribution in [-0.4, -0.2) is 20.4 Å². The van der Waals surface area contributed by atoms with Gasteiger partial charge in [-0.05, 0) is 0 Å². The van der Waals surface area contributed by atoms with E-state index in [0.29, 0.717) is 10.8 Å². The minimum absolute atomic E-state index is 0.467. The van der Waals surface area contributed by atoms with Crippen molar-refractivity contribution >= 4 is 11.7 Å². The van der Waals surface area contributed by atoms with E-state index in [1.165, 1.54) is 0 Å². The molecule has 0 bridgehead atoms. The third-order valence-electron chi connectivity index (χ3n) is 1.49. The fraction of sp³-hybridized carbons (Fsp3) is 0.167. The summed E-state index contributed by atoms with van der Waals surface area (Å²) >= 11 is 0. The number of carbonyl (C=O) groups excluding carboxylic acids is 1. The quantitative estimate of drug-likeness (QED) is 0.425. The standard InChI is InChI=1S/C6H5N3O6/c10-4(11)2-8-1-3(9(14)15)5(12)7-6(8)13/h1H,2H2,(H,10,11)(H,7,12,13)/p-1. The highest BCUT2D eigenvalue weighted by molar-refractivity contribution is 5.64. The van der Waals surface area contributed by atoms with Crippen molar-refractivity contribution in [1.29, 1.82) is 0 Å². The van der Waals surface area contributed by atoms with Gasteiger partial charge in [-0.15, -0.1) is 0 Å². The van der Waals surface area contributed by atoms with E-state index >= 15 is 0 Å². The predicted octanol–water partition coefficient (Wildman–Crippen LogP) is -2.81. The topological polar surface area (TPSA) is 138 Å². The first-order valence-electron chi connectivity index (χ1n) is 3.60. The second kappa shape index (κ2) is 3.74. The van der Waals surface area contributed by atoms with Crippen molar-refractivity contribution in [1.82, 2.24) is 9.55 Å². The van der Waals surface area contributed by atoms with Crippen molar-refractivity contribution in [2.75, 3.05) is 0 Å². The van der Waals surface area contributed by atoms with Crippen LogP contribution in [0.3, 0.4) is 0 Å². The Bertz CT molecular complexity index is 526. The molecule has 0 fully saturated rings. The second-order valence-electron chi connectivity index (χ2n) is 2.53. The van der Waals surface area contributed by atoms with Crippen molar-refractivity contribution < 1.29 is 14.8 Å². The smallest absolute Gasteiger partial charge is 0.350 e. The molecule has 0 aliphatic rings. The second-order valence-corrected chi connectivity index (χ2v) is 2.53. The Morgan fingerprint density at radius 2 is 2.13 bits per heavy atom. The van der Waals surface area contributed by atoms with Crippen molar-refractivity contribution in [3.8, 4) is 0 Å². The van der Waals surface area contributed by atoms with Gasteiger partial charge in [-0.2, -0.15) is 0 Å². The molecule has 80 valence electrons. The lowest BCUT2D eigenvalue weighted by atomic mass is 10.5. The number of rotatable bonds is 3. The van der Waals surface area contributed by atoms with Gasteiger partial charge in [0.1, 0.15) is 0 Å². The van der Waals surface area contributed by atoms with Gasteiger partial charge in [-0.25, -0.2) is 4.79 Å². The maximum absolute atomic E-state index is 10.9. The third kappa shape index (κ3) is 2.27. The molecule has 1 aromatic heterocycles.